The third-order valence-electron chi connectivity index (χ3n) is 1.23. The standard InChI is InChI=1S/C8H15F/c1-2-3-4-5-6-7-8-9/h6-7H,2-5,8H2,1H3. The van der Waals surface area contributed by atoms with E-state index in [1.807, 2.05) is 6.08 Å². The van der Waals surface area contributed by atoms with Gasteiger partial charge in [-0.2, -0.15) is 0 Å². The molecule has 0 spiro atoms. The van der Waals surface area contributed by atoms with Gasteiger partial charge in [-0.1, -0.05) is 31.9 Å². The number of unbranched alkanes of at least 4 members (excludes halogenated alkanes) is 3. The summed E-state index contributed by atoms with van der Waals surface area (Å²) < 4.78 is 11.4. The zero-order chi connectivity index (χ0) is 6.95. The van der Waals surface area contributed by atoms with Gasteiger partial charge in [0.05, 0.1) is 0 Å². The fourth-order valence-corrected chi connectivity index (χ4v) is 0.693. The first-order chi connectivity index (χ1) is 4.41. The second kappa shape index (κ2) is 7.67. The Kier molecular flexibility index (Phi) is 7.39. The largest absolute Gasteiger partial charge is 0.247 e. The predicted molar refractivity (Wildman–Crippen MR) is 39.3 cm³/mol. The van der Waals surface area contributed by atoms with E-state index in [4.69, 9.17) is 0 Å². The van der Waals surface area contributed by atoms with E-state index in [2.05, 4.69) is 6.92 Å². The van der Waals surface area contributed by atoms with Crippen molar-refractivity contribution in [1.29, 1.82) is 0 Å². The van der Waals surface area contributed by atoms with Gasteiger partial charge >= 0.3 is 0 Å². The van der Waals surface area contributed by atoms with Gasteiger partial charge in [0.25, 0.3) is 0 Å². The van der Waals surface area contributed by atoms with E-state index in [0.717, 1.165) is 6.42 Å². The lowest BCUT2D eigenvalue weighted by molar-refractivity contribution is 0.560. The molecule has 0 unspecified atom stereocenters. The Morgan fingerprint density at radius 1 is 1.22 bits per heavy atom. The van der Waals surface area contributed by atoms with Crippen molar-refractivity contribution in [1.82, 2.24) is 0 Å². The summed E-state index contributed by atoms with van der Waals surface area (Å²) >= 11 is 0. The number of hydrogen-bond acceptors (Lipinski definition) is 0. The van der Waals surface area contributed by atoms with Crippen LogP contribution in [0.15, 0.2) is 12.2 Å². The molecule has 1 heteroatoms. The van der Waals surface area contributed by atoms with Crippen molar-refractivity contribution in [2.45, 2.75) is 32.6 Å². The van der Waals surface area contributed by atoms with Crippen LogP contribution in [-0.2, 0) is 0 Å². The minimum atomic E-state index is -0.313. The Morgan fingerprint density at radius 2 is 2.00 bits per heavy atom. The van der Waals surface area contributed by atoms with Crippen LogP contribution in [0.4, 0.5) is 4.39 Å². The van der Waals surface area contributed by atoms with Gasteiger partial charge in [0, 0.05) is 0 Å². The summed E-state index contributed by atoms with van der Waals surface area (Å²) in [5.41, 5.74) is 0. The van der Waals surface area contributed by atoms with Crippen LogP contribution in [0.3, 0.4) is 0 Å². The number of hydrogen-bond donors (Lipinski definition) is 0. The van der Waals surface area contributed by atoms with Crippen LogP contribution < -0.4 is 0 Å². The van der Waals surface area contributed by atoms with E-state index in [1.165, 1.54) is 19.3 Å². The minimum absolute atomic E-state index is 0.313. The summed E-state index contributed by atoms with van der Waals surface area (Å²) in [5, 5.41) is 0. The SMILES string of the molecule is CCCCCC=CCF. The lowest BCUT2D eigenvalue weighted by Crippen LogP contribution is -1.70. The van der Waals surface area contributed by atoms with Gasteiger partial charge in [-0.3, -0.25) is 0 Å². The van der Waals surface area contributed by atoms with Crippen molar-refractivity contribution in [2.24, 2.45) is 0 Å². The number of alkyl halides is 1. The van der Waals surface area contributed by atoms with Crippen LogP contribution in [0.5, 0.6) is 0 Å². The monoisotopic (exact) mass is 130 g/mol. The average molecular weight is 130 g/mol. The van der Waals surface area contributed by atoms with Gasteiger partial charge in [-0.25, -0.2) is 4.39 Å². The van der Waals surface area contributed by atoms with Gasteiger partial charge in [-0.05, 0) is 12.8 Å². The van der Waals surface area contributed by atoms with Crippen molar-refractivity contribution >= 4 is 0 Å². The molecule has 0 saturated carbocycles. The van der Waals surface area contributed by atoms with Gasteiger partial charge in [0.2, 0.25) is 0 Å². The van der Waals surface area contributed by atoms with E-state index in [-0.39, 0.29) is 6.67 Å². The molecule has 0 N–H and O–H groups in total. The van der Waals surface area contributed by atoms with E-state index >= 15 is 0 Å². The molecule has 0 heterocycles. The van der Waals surface area contributed by atoms with Crippen LogP contribution in [0.25, 0.3) is 0 Å². The van der Waals surface area contributed by atoms with Gasteiger partial charge in [-0.15, -0.1) is 0 Å². The Bertz CT molecular complexity index is 67.0. The summed E-state index contributed by atoms with van der Waals surface area (Å²) in [6, 6.07) is 0. The summed E-state index contributed by atoms with van der Waals surface area (Å²) in [6.45, 7) is 1.85. The highest BCUT2D eigenvalue weighted by atomic mass is 19.1. The topological polar surface area (TPSA) is 0 Å². The number of halogens is 1. The maximum Gasteiger partial charge on any atom is 0.108 e. The molecule has 0 aliphatic heterocycles. The van der Waals surface area contributed by atoms with E-state index < -0.39 is 0 Å². The molecule has 0 radical (unpaired) electrons. The second-order valence-corrected chi connectivity index (χ2v) is 2.12. The quantitative estimate of drug-likeness (QED) is 0.396. The van der Waals surface area contributed by atoms with E-state index in [1.54, 1.807) is 6.08 Å². The molecule has 0 fully saturated rings. The molecule has 0 aromatic heterocycles. The molecular formula is C8H15F. The van der Waals surface area contributed by atoms with Crippen molar-refractivity contribution in [2.75, 3.05) is 6.67 Å². The molecule has 0 rings (SSSR count). The zero-order valence-electron chi connectivity index (χ0n) is 6.07. The van der Waals surface area contributed by atoms with Crippen molar-refractivity contribution < 1.29 is 4.39 Å². The zero-order valence-corrected chi connectivity index (χ0v) is 6.07. The molecule has 0 aromatic rings. The third-order valence-corrected chi connectivity index (χ3v) is 1.23. The summed E-state index contributed by atoms with van der Waals surface area (Å²) in [7, 11) is 0. The molecule has 0 aliphatic rings. The Hall–Kier alpha value is -0.330. The highest BCUT2D eigenvalue weighted by Crippen LogP contribution is 1.98. The lowest BCUT2D eigenvalue weighted by Gasteiger charge is -1.89. The molecule has 0 amide bonds. The van der Waals surface area contributed by atoms with Crippen LogP contribution in [0.2, 0.25) is 0 Å². The smallest absolute Gasteiger partial charge is 0.108 e. The highest BCUT2D eigenvalue weighted by molar-refractivity contribution is 4.80. The molecule has 54 valence electrons. The molecule has 0 atom stereocenters. The molecular weight excluding hydrogens is 115 g/mol. The first-order valence-corrected chi connectivity index (χ1v) is 3.62. The van der Waals surface area contributed by atoms with Crippen molar-refractivity contribution in [3.05, 3.63) is 12.2 Å². The predicted octanol–water partition coefficient (Wildman–Crippen LogP) is 3.09. The number of allylic oxidation sites excluding steroid dienone is 2. The van der Waals surface area contributed by atoms with Crippen LogP contribution in [-0.4, -0.2) is 6.67 Å². The number of rotatable bonds is 5. The molecule has 0 nitrogen and oxygen atoms in total. The molecule has 0 bridgehead atoms. The summed E-state index contributed by atoms with van der Waals surface area (Å²) in [5.74, 6) is 0. The van der Waals surface area contributed by atoms with Gasteiger partial charge < -0.3 is 0 Å². The molecule has 9 heavy (non-hydrogen) atoms. The van der Waals surface area contributed by atoms with Crippen molar-refractivity contribution in [3.63, 3.8) is 0 Å². The van der Waals surface area contributed by atoms with E-state index in [0.29, 0.717) is 0 Å². The highest BCUT2D eigenvalue weighted by Gasteiger charge is 1.79. The maximum absolute atomic E-state index is 11.4. The molecule has 0 aromatic carbocycles. The minimum Gasteiger partial charge on any atom is -0.247 e. The van der Waals surface area contributed by atoms with Crippen LogP contribution in [0, 0.1) is 0 Å². The first-order valence-electron chi connectivity index (χ1n) is 3.62. The molecule has 0 aliphatic carbocycles. The summed E-state index contributed by atoms with van der Waals surface area (Å²) in [6.07, 6.45) is 8.23. The maximum atomic E-state index is 11.4. The molecule has 0 saturated heterocycles. The Morgan fingerprint density at radius 3 is 2.56 bits per heavy atom. The van der Waals surface area contributed by atoms with Crippen LogP contribution in [0.1, 0.15) is 32.6 Å². The average Bonchev–Trinajstić information content (AvgIpc) is 1.89. The first kappa shape index (κ1) is 8.67. The normalized spacial score (nSPS) is 10.9. The third kappa shape index (κ3) is 7.67. The van der Waals surface area contributed by atoms with Crippen LogP contribution >= 0.6 is 0 Å². The van der Waals surface area contributed by atoms with Crippen molar-refractivity contribution in [3.8, 4) is 0 Å². The van der Waals surface area contributed by atoms with E-state index in [9.17, 15) is 4.39 Å². The lowest BCUT2D eigenvalue weighted by atomic mass is 10.2. The second-order valence-electron chi connectivity index (χ2n) is 2.12. The fraction of sp³-hybridized carbons (Fsp3) is 0.750. The Labute approximate surface area is 56.8 Å². The fourth-order valence-electron chi connectivity index (χ4n) is 0.693. The van der Waals surface area contributed by atoms with Gasteiger partial charge in [0.1, 0.15) is 6.67 Å². The Balaban J connectivity index is 2.82. The van der Waals surface area contributed by atoms with Gasteiger partial charge in [0.15, 0.2) is 0 Å². The summed E-state index contributed by atoms with van der Waals surface area (Å²) in [4.78, 5) is 0.